The predicted molar refractivity (Wildman–Crippen MR) is 139 cm³/mol. The van der Waals surface area contributed by atoms with Gasteiger partial charge in [0.15, 0.2) is 0 Å². The van der Waals surface area contributed by atoms with Crippen LogP contribution in [0.15, 0.2) is 106 Å². The van der Waals surface area contributed by atoms with Crippen molar-refractivity contribution in [1.82, 2.24) is 0 Å². The quantitative estimate of drug-likeness (QED) is 0.297. The topological polar surface area (TPSA) is 88.3 Å². The van der Waals surface area contributed by atoms with E-state index >= 15 is 0 Å². The van der Waals surface area contributed by atoms with Crippen LogP contribution in [0.4, 0.5) is 17.1 Å². The average molecular weight is 450 g/mol. The number of nitrogens with zero attached hydrogens (tertiary/aromatic N) is 3. The number of hydrogen-bond acceptors (Lipinski definition) is 6. The molecule has 3 aromatic carbocycles. The summed E-state index contributed by atoms with van der Waals surface area (Å²) in [6.07, 6.45) is 6.88. The van der Waals surface area contributed by atoms with Crippen LogP contribution in [0.5, 0.6) is 0 Å². The number of para-hydroxylation sites is 3. The zero-order valence-electron chi connectivity index (χ0n) is 19.6. The van der Waals surface area contributed by atoms with Gasteiger partial charge in [0.1, 0.15) is 0 Å². The fraction of sp³-hybridized carbons (Fsp3) is 0.222. The van der Waals surface area contributed by atoms with Gasteiger partial charge in [-0.05, 0) is 36.4 Å². The summed E-state index contributed by atoms with van der Waals surface area (Å²) in [5, 5.41) is 0. The van der Waals surface area contributed by atoms with Crippen LogP contribution in [0.3, 0.4) is 0 Å². The summed E-state index contributed by atoms with van der Waals surface area (Å²) in [7, 11) is 0. The second-order valence-corrected chi connectivity index (χ2v) is 6.03. The summed E-state index contributed by atoms with van der Waals surface area (Å²) < 4.78 is 0. The Labute approximate surface area is 199 Å². The van der Waals surface area contributed by atoms with Gasteiger partial charge in [0, 0.05) is 2.85 Å². The minimum Gasteiger partial charge on any atom is -0.211 e. The maximum absolute atomic E-state index is 9.68. The van der Waals surface area contributed by atoms with E-state index in [4.69, 9.17) is 0 Å². The van der Waals surface area contributed by atoms with Gasteiger partial charge in [-0.1, -0.05) is 95.1 Å². The summed E-state index contributed by atoms with van der Waals surface area (Å²) in [6.45, 7) is 8.50. The third-order valence-electron chi connectivity index (χ3n) is 2.79. The minimum absolute atomic E-state index is 0. The first-order chi connectivity index (χ1) is 16.1. The number of isocyanates is 3. The molecule has 6 heteroatoms. The number of benzene rings is 3. The molecule has 0 atom stereocenters. The fourth-order valence-electron chi connectivity index (χ4n) is 1.67. The van der Waals surface area contributed by atoms with Gasteiger partial charge in [-0.25, -0.2) is 14.4 Å². The molecule has 0 aliphatic rings. The Hall–Kier alpha value is -4.20. The largest absolute Gasteiger partial charge is 0.240 e. The maximum Gasteiger partial charge on any atom is 0.240 e. The lowest BCUT2D eigenvalue weighted by Gasteiger charge is -1.83. The molecule has 0 saturated heterocycles. The van der Waals surface area contributed by atoms with E-state index in [0.29, 0.717) is 17.1 Å². The number of hydrogen-bond donors (Lipinski definition) is 0. The Bertz CT molecular complexity index is 841. The van der Waals surface area contributed by atoms with Gasteiger partial charge in [-0.15, -0.1) is 0 Å². The van der Waals surface area contributed by atoms with Crippen molar-refractivity contribution in [2.75, 3.05) is 0 Å². The average Bonchev–Trinajstić information content (AvgIpc) is 2.84. The number of rotatable bonds is 3. The molecular formula is C27H35N3O3. The van der Waals surface area contributed by atoms with Crippen LogP contribution in [-0.2, 0) is 14.4 Å². The van der Waals surface area contributed by atoms with Gasteiger partial charge >= 0.3 is 0 Å². The molecule has 0 saturated carbocycles. The molecule has 33 heavy (non-hydrogen) atoms. The third-order valence-corrected chi connectivity index (χ3v) is 2.79. The Kier molecular flexibility index (Phi) is 24.3. The van der Waals surface area contributed by atoms with Crippen molar-refractivity contribution >= 4 is 35.3 Å². The highest BCUT2D eigenvalue weighted by Gasteiger charge is 1.81. The first-order valence-electron chi connectivity index (χ1n) is 10.5. The van der Waals surface area contributed by atoms with Crippen molar-refractivity contribution in [2.24, 2.45) is 15.0 Å². The Morgan fingerprint density at radius 1 is 0.485 bits per heavy atom. The van der Waals surface area contributed by atoms with Crippen LogP contribution in [-0.4, -0.2) is 18.2 Å². The lowest BCUT2D eigenvalue weighted by Crippen LogP contribution is -1.59. The van der Waals surface area contributed by atoms with Crippen LogP contribution < -0.4 is 0 Å². The minimum atomic E-state index is 0. The Balaban J connectivity index is -0.000000180. The summed E-state index contributed by atoms with van der Waals surface area (Å²) in [5.74, 6) is 0. The van der Waals surface area contributed by atoms with E-state index in [1.165, 1.54) is 31.1 Å². The number of carbonyl (C=O) groups excluding carboxylic acids is 3. The first-order valence-corrected chi connectivity index (χ1v) is 10.5. The molecule has 0 spiro atoms. The third kappa shape index (κ3) is 22.3. The standard InChI is InChI=1S/3C7H5NO.2C3H8.2H2/c3*9-6-8-7-4-2-1-3-5-7;2*1-3-2;;/h3*1-5H;2*3H2,1-2H3;2*1H. The second-order valence-electron chi connectivity index (χ2n) is 6.03. The molecule has 0 amide bonds. The lowest BCUT2D eigenvalue weighted by atomic mass is 10.3. The fourth-order valence-corrected chi connectivity index (χ4v) is 1.67. The van der Waals surface area contributed by atoms with Crippen molar-refractivity contribution < 1.29 is 17.2 Å². The molecule has 0 fully saturated rings. The van der Waals surface area contributed by atoms with E-state index in [-0.39, 0.29) is 2.85 Å². The van der Waals surface area contributed by atoms with Crippen molar-refractivity contribution in [3.8, 4) is 0 Å². The van der Waals surface area contributed by atoms with Gasteiger partial charge in [-0.2, -0.15) is 15.0 Å². The molecule has 0 unspecified atom stereocenters. The van der Waals surface area contributed by atoms with Crippen LogP contribution >= 0.6 is 0 Å². The van der Waals surface area contributed by atoms with Crippen LogP contribution in [0.1, 0.15) is 43.4 Å². The van der Waals surface area contributed by atoms with Gasteiger partial charge in [-0.3, -0.25) is 0 Å². The molecule has 0 heterocycles. The van der Waals surface area contributed by atoms with Gasteiger partial charge in [0.25, 0.3) is 0 Å². The highest BCUT2D eigenvalue weighted by Crippen LogP contribution is 2.08. The molecule has 0 aliphatic carbocycles. The zero-order chi connectivity index (χ0) is 25.0. The highest BCUT2D eigenvalue weighted by atomic mass is 16.1. The van der Waals surface area contributed by atoms with E-state index in [0.717, 1.165) is 0 Å². The highest BCUT2D eigenvalue weighted by molar-refractivity contribution is 5.49. The maximum atomic E-state index is 9.68. The normalized spacial score (nSPS) is 7.64. The van der Waals surface area contributed by atoms with Gasteiger partial charge < -0.3 is 0 Å². The smallest absolute Gasteiger partial charge is 0.211 e. The molecular weight excluding hydrogens is 414 g/mol. The van der Waals surface area contributed by atoms with Gasteiger partial charge in [0.05, 0.1) is 17.1 Å². The number of aliphatic imine (C=N–C) groups is 3. The lowest BCUT2D eigenvalue weighted by molar-refractivity contribution is 0.564. The van der Waals surface area contributed by atoms with Crippen LogP contribution in [0.25, 0.3) is 0 Å². The molecule has 6 nitrogen and oxygen atoms in total. The molecule has 0 aliphatic heterocycles. The van der Waals surface area contributed by atoms with Crippen LogP contribution in [0.2, 0.25) is 0 Å². The molecule has 3 aromatic rings. The molecule has 3 rings (SSSR count). The summed E-state index contributed by atoms with van der Waals surface area (Å²) in [4.78, 5) is 39.3. The van der Waals surface area contributed by atoms with E-state index in [9.17, 15) is 14.4 Å². The van der Waals surface area contributed by atoms with E-state index in [2.05, 4.69) is 42.7 Å². The summed E-state index contributed by atoms with van der Waals surface area (Å²) >= 11 is 0. The molecule has 0 radical (unpaired) electrons. The van der Waals surface area contributed by atoms with Crippen molar-refractivity contribution in [2.45, 2.75) is 40.5 Å². The SMILES string of the molecule is CCC.CCC.O=C=Nc1ccccc1.O=C=Nc1ccccc1.O=C=Nc1ccccc1.[HH].[HH]. The zero-order valence-corrected chi connectivity index (χ0v) is 19.6. The van der Waals surface area contributed by atoms with Gasteiger partial charge in [0.2, 0.25) is 18.2 Å². The second kappa shape index (κ2) is 25.8. The molecule has 0 aromatic heterocycles. The van der Waals surface area contributed by atoms with Crippen LogP contribution in [0, 0.1) is 0 Å². The van der Waals surface area contributed by atoms with E-state index in [1.807, 2.05) is 54.6 Å². The molecule has 0 bridgehead atoms. The van der Waals surface area contributed by atoms with Crippen molar-refractivity contribution in [3.63, 3.8) is 0 Å². The monoisotopic (exact) mass is 449 g/mol. The molecule has 176 valence electrons. The Morgan fingerprint density at radius 2 is 0.667 bits per heavy atom. The predicted octanol–water partition coefficient (Wildman–Crippen LogP) is 8.29. The Morgan fingerprint density at radius 3 is 0.818 bits per heavy atom. The first kappa shape index (κ1) is 31.0. The molecule has 0 N–H and O–H groups in total. The van der Waals surface area contributed by atoms with E-state index in [1.54, 1.807) is 36.4 Å². The van der Waals surface area contributed by atoms with E-state index < -0.39 is 0 Å². The summed E-state index contributed by atoms with van der Waals surface area (Å²) in [6, 6.07) is 26.9. The van der Waals surface area contributed by atoms with Crippen molar-refractivity contribution in [3.05, 3.63) is 91.0 Å². The van der Waals surface area contributed by atoms with Crippen molar-refractivity contribution in [1.29, 1.82) is 0 Å². The summed E-state index contributed by atoms with van der Waals surface area (Å²) in [5.41, 5.74) is 1.94.